The number of hydrogen-bond donors (Lipinski definition) is 0. The van der Waals surface area contributed by atoms with Gasteiger partial charge in [-0.05, 0) is 28.3 Å². The quantitative estimate of drug-likeness (QED) is 0.739. The topological polar surface area (TPSA) is 26.0 Å². The van der Waals surface area contributed by atoms with E-state index in [0.717, 1.165) is 16.7 Å². The standard InChI is InChI=1S/C7H10BrNO/c1-5(2)3-6-4-9-10-7(6)8/h4-5H,3H2,1-2H3. The molecule has 56 valence electrons. The monoisotopic (exact) mass is 203 g/mol. The predicted molar refractivity (Wildman–Crippen MR) is 42.7 cm³/mol. The number of halogens is 1. The molecule has 0 unspecified atom stereocenters. The van der Waals surface area contributed by atoms with Crippen LogP contribution in [0.15, 0.2) is 15.4 Å². The molecule has 0 atom stereocenters. The van der Waals surface area contributed by atoms with Gasteiger partial charge in [-0.2, -0.15) is 0 Å². The predicted octanol–water partition coefficient (Wildman–Crippen LogP) is 2.64. The van der Waals surface area contributed by atoms with Crippen molar-refractivity contribution in [2.24, 2.45) is 5.92 Å². The molecule has 0 amide bonds. The molecule has 0 aromatic carbocycles. The summed E-state index contributed by atoms with van der Waals surface area (Å²) < 4.78 is 5.60. The first-order chi connectivity index (χ1) is 4.70. The van der Waals surface area contributed by atoms with Gasteiger partial charge in [0.1, 0.15) is 0 Å². The van der Waals surface area contributed by atoms with Gasteiger partial charge < -0.3 is 4.52 Å². The van der Waals surface area contributed by atoms with E-state index in [2.05, 4.69) is 34.9 Å². The molecule has 0 aliphatic heterocycles. The molecule has 0 bridgehead atoms. The maximum absolute atomic E-state index is 4.83. The fraction of sp³-hybridized carbons (Fsp3) is 0.571. The maximum atomic E-state index is 4.83. The lowest BCUT2D eigenvalue weighted by Crippen LogP contribution is -1.91. The Balaban J connectivity index is 2.65. The highest BCUT2D eigenvalue weighted by atomic mass is 79.9. The Morgan fingerprint density at radius 3 is 2.80 bits per heavy atom. The molecule has 3 heteroatoms. The average Bonchev–Trinajstić information content (AvgIpc) is 2.15. The number of rotatable bonds is 2. The summed E-state index contributed by atoms with van der Waals surface area (Å²) in [7, 11) is 0. The van der Waals surface area contributed by atoms with E-state index >= 15 is 0 Å². The Hall–Kier alpha value is -0.310. The molecule has 10 heavy (non-hydrogen) atoms. The summed E-state index contributed by atoms with van der Waals surface area (Å²) in [5.74, 6) is 0.649. The summed E-state index contributed by atoms with van der Waals surface area (Å²) in [4.78, 5) is 0. The third kappa shape index (κ3) is 1.84. The second-order valence-electron chi connectivity index (χ2n) is 2.72. The third-order valence-corrected chi connectivity index (χ3v) is 1.88. The van der Waals surface area contributed by atoms with E-state index in [-0.39, 0.29) is 0 Å². The Kier molecular flexibility index (Phi) is 2.49. The van der Waals surface area contributed by atoms with Gasteiger partial charge in [0.2, 0.25) is 4.67 Å². The van der Waals surface area contributed by atoms with Crippen LogP contribution in [0.5, 0.6) is 0 Å². The highest BCUT2D eigenvalue weighted by Crippen LogP contribution is 2.18. The number of nitrogens with zero attached hydrogens (tertiary/aromatic N) is 1. The molecule has 0 aliphatic carbocycles. The summed E-state index contributed by atoms with van der Waals surface area (Å²) in [6.07, 6.45) is 2.77. The third-order valence-electron chi connectivity index (χ3n) is 1.22. The highest BCUT2D eigenvalue weighted by Gasteiger charge is 2.05. The van der Waals surface area contributed by atoms with Crippen LogP contribution in [0.4, 0.5) is 0 Å². The van der Waals surface area contributed by atoms with E-state index < -0.39 is 0 Å². The van der Waals surface area contributed by atoms with Crippen molar-refractivity contribution in [1.82, 2.24) is 5.16 Å². The van der Waals surface area contributed by atoms with Crippen LogP contribution in [-0.4, -0.2) is 5.16 Å². The van der Waals surface area contributed by atoms with Crippen molar-refractivity contribution in [1.29, 1.82) is 0 Å². The maximum Gasteiger partial charge on any atom is 0.205 e. The Morgan fingerprint density at radius 1 is 1.70 bits per heavy atom. The molecule has 0 aliphatic rings. The van der Waals surface area contributed by atoms with E-state index in [4.69, 9.17) is 4.52 Å². The first-order valence-corrected chi connectivity index (χ1v) is 4.08. The number of aromatic nitrogens is 1. The van der Waals surface area contributed by atoms with Crippen LogP contribution in [0.25, 0.3) is 0 Å². The van der Waals surface area contributed by atoms with Gasteiger partial charge in [0.15, 0.2) is 0 Å². The van der Waals surface area contributed by atoms with Gasteiger partial charge in [-0.3, -0.25) is 0 Å². The molecule has 0 spiro atoms. The van der Waals surface area contributed by atoms with Crippen LogP contribution in [0.1, 0.15) is 19.4 Å². The first-order valence-electron chi connectivity index (χ1n) is 3.29. The first kappa shape index (κ1) is 7.79. The minimum atomic E-state index is 0.649. The fourth-order valence-electron chi connectivity index (χ4n) is 0.818. The van der Waals surface area contributed by atoms with Crippen LogP contribution in [0, 0.1) is 5.92 Å². The molecule has 1 aromatic rings. The molecule has 1 rings (SSSR count). The summed E-state index contributed by atoms with van der Waals surface area (Å²) >= 11 is 3.27. The summed E-state index contributed by atoms with van der Waals surface area (Å²) in [5, 5.41) is 3.65. The second-order valence-corrected chi connectivity index (χ2v) is 3.44. The molecule has 2 nitrogen and oxygen atoms in total. The van der Waals surface area contributed by atoms with Crippen molar-refractivity contribution in [3.05, 3.63) is 16.4 Å². The summed E-state index contributed by atoms with van der Waals surface area (Å²) in [5.41, 5.74) is 1.15. The lowest BCUT2D eigenvalue weighted by Gasteiger charge is -1.98. The lowest BCUT2D eigenvalue weighted by atomic mass is 10.1. The van der Waals surface area contributed by atoms with E-state index in [9.17, 15) is 0 Å². The summed E-state index contributed by atoms with van der Waals surface area (Å²) in [6, 6.07) is 0. The normalized spacial score (nSPS) is 10.8. The van der Waals surface area contributed by atoms with E-state index in [1.54, 1.807) is 6.20 Å². The molecule has 0 saturated heterocycles. The van der Waals surface area contributed by atoms with Gasteiger partial charge in [-0.25, -0.2) is 0 Å². The van der Waals surface area contributed by atoms with Crippen LogP contribution in [0.3, 0.4) is 0 Å². The minimum Gasteiger partial charge on any atom is -0.349 e. The molecular formula is C7H10BrNO. The van der Waals surface area contributed by atoms with Gasteiger partial charge in [0, 0.05) is 5.56 Å². The molecule has 0 N–H and O–H groups in total. The van der Waals surface area contributed by atoms with E-state index in [1.807, 2.05) is 0 Å². The van der Waals surface area contributed by atoms with Crippen molar-refractivity contribution in [2.75, 3.05) is 0 Å². The smallest absolute Gasteiger partial charge is 0.205 e. The fourth-order valence-corrected chi connectivity index (χ4v) is 1.17. The Bertz CT molecular complexity index is 207. The molecule has 1 aromatic heterocycles. The van der Waals surface area contributed by atoms with Gasteiger partial charge in [0.05, 0.1) is 6.20 Å². The molecular weight excluding hydrogens is 194 g/mol. The summed E-state index contributed by atoms with van der Waals surface area (Å²) in [6.45, 7) is 4.33. The zero-order valence-corrected chi connectivity index (χ0v) is 7.68. The second kappa shape index (κ2) is 3.19. The number of hydrogen-bond acceptors (Lipinski definition) is 2. The van der Waals surface area contributed by atoms with Gasteiger partial charge in [0.25, 0.3) is 0 Å². The Labute approximate surface area is 68.7 Å². The van der Waals surface area contributed by atoms with Crippen LogP contribution >= 0.6 is 15.9 Å². The van der Waals surface area contributed by atoms with Gasteiger partial charge in [-0.1, -0.05) is 19.0 Å². The largest absolute Gasteiger partial charge is 0.349 e. The zero-order chi connectivity index (χ0) is 7.56. The van der Waals surface area contributed by atoms with Crippen molar-refractivity contribution in [2.45, 2.75) is 20.3 Å². The van der Waals surface area contributed by atoms with Crippen molar-refractivity contribution in [3.63, 3.8) is 0 Å². The van der Waals surface area contributed by atoms with Crippen molar-refractivity contribution >= 4 is 15.9 Å². The van der Waals surface area contributed by atoms with Gasteiger partial charge >= 0.3 is 0 Å². The minimum absolute atomic E-state index is 0.649. The van der Waals surface area contributed by atoms with Crippen LogP contribution in [0.2, 0.25) is 0 Å². The molecule has 0 saturated carbocycles. The van der Waals surface area contributed by atoms with Crippen molar-refractivity contribution < 1.29 is 4.52 Å². The SMILES string of the molecule is CC(C)Cc1cnoc1Br. The highest BCUT2D eigenvalue weighted by molar-refractivity contribution is 9.10. The van der Waals surface area contributed by atoms with E-state index in [1.165, 1.54) is 0 Å². The zero-order valence-electron chi connectivity index (χ0n) is 6.10. The molecule has 0 fully saturated rings. The average molecular weight is 204 g/mol. The van der Waals surface area contributed by atoms with Gasteiger partial charge in [-0.15, -0.1) is 0 Å². The van der Waals surface area contributed by atoms with E-state index in [0.29, 0.717) is 5.92 Å². The lowest BCUT2D eigenvalue weighted by molar-refractivity contribution is 0.398. The van der Waals surface area contributed by atoms with Crippen molar-refractivity contribution in [3.8, 4) is 0 Å². The van der Waals surface area contributed by atoms with Crippen LogP contribution in [-0.2, 0) is 6.42 Å². The molecule has 1 heterocycles. The van der Waals surface area contributed by atoms with Crippen LogP contribution < -0.4 is 0 Å². The molecule has 0 radical (unpaired) electrons. The Morgan fingerprint density at radius 2 is 2.40 bits per heavy atom.